The predicted molar refractivity (Wildman–Crippen MR) is 62.0 cm³/mol. The zero-order chi connectivity index (χ0) is 12.6. The molecule has 17 heavy (non-hydrogen) atoms. The Morgan fingerprint density at radius 2 is 2.12 bits per heavy atom. The maximum absolute atomic E-state index is 10.9. The Kier molecular flexibility index (Phi) is 2.59. The fraction of sp³-hybridized carbons (Fsp3) is 0.167. The molecule has 2 rings (SSSR count). The predicted octanol–water partition coefficient (Wildman–Crippen LogP) is 1.80. The minimum atomic E-state index is -1.15. The number of hydrogen-bond donors (Lipinski definition) is 2. The van der Waals surface area contributed by atoms with Crippen molar-refractivity contribution in [2.75, 3.05) is 0 Å². The summed E-state index contributed by atoms with van der Waals surface area (Å²) in [7, 11) is 1.80. The molecule has 0 amide bonds. The van der Waals surface area contributed by atoms with Gasteiger partial charge in [-0.2, -0.15) is 5.10 Å². The summed E-state index contributed by atoms with van der Waals surface area (Å²) in [6.07, 6.45) is 1.81. The first-order valence-corrected chi connectivity index (χ1v) is 5.06. The normalized spacial score (nSPS) is 10.5. The van der Waals surface area contributed by atoms with E-state index in [4.69, 9.17) is 5.11 Å². The molecule has 1 heterocycles. The zero-order valence-corrected chi connectivity index (χ0v) is 9.51. The van der Waals surface area contributed by atoms with Crippen LogP contribution in [0.1, 0.15) is 16.1 Å². The van der Waals surface area contributed by atoms with Gasteiger partial charge >= 0.3 is 5.97 Å². The number of phenols is 1. The molecule has 0 atom stereocenters. The van der Waals surface area contributed by atoms with Gasteiger partial charge in [0.2, 0.25) is 0 Å². The van der Waals surface area contributed by atoms with Crippen LogP contribution in [-0.2, 0) is 7.05 Å². The number of carbonyl (C=O) groups is 1. The van der Waals surface area contributed by atoms with Gasteiger partial charge in [0.25, 0.3) is 0 Å². The van der Waals surface area contributed by atoms with Crippen molar-refractivity contribution in [2.45, 2.75) is 6.92 Å². The van der Waals surface area contributed by atoms with Crippen LogP contribution in [0.3, 0.4) is 0 Å². The lowest BCUT2D eigenvalue weighted by atomic mass is 10.0. The number of hydrogen-bond acceptors (Lipinski definition) is 3. The molecule has 0 bridgehead atoms. The number of aryl methyl sites for hydroxylation is 2. The molecule has 0 spiro atoms. The molecule has 5 heteroatoms. The number of carboxylic acid groups (broad SMARTS) is 1. The summed E-state index contributed by atoms with van der Waals surface area (Å²) in [6.45, 7) is 1.85. The van der Waals surface area contributed by atoms with Crippen molar-refractivity contribution in [2.24, 2.45) is 7.05 Å². The molecule has 0 aliphatic heterocycles. The lowest BCUT2D eigenvalue weighted by Gasteiger charge is -2.03. The maximum atomic E-state index is 10.9. The highest BCUT2D eigenvalue weighted by atomic mass is 16.4. The van der Waals surface area contributed by atoms with E-state index < -0.39 is 5.97 Å². The Balaban J connectivity index is 2.57. The molecule has 5 nitrogen and oxygen atoms in total. The number of aromatic nitrogens is 2. The van der Waals surface area contributed by atoms with Gasteiger partial charge in [-0.3, -0.25) is 4.68 Å². The molecule has 2 N–H and O–H groups in total. The largest absolute Gasteiger partial charge is 0.507 e. The first kappa shape index (κ1) is 11.2. The number of rotatable bonds is 2. The Labute approximate surface area is 97.9 Å². The quantitative estimate of drug-likeness (QED) is 0.827. The van der Waals surface area contributed by atoms with E-state index in [1.165, 1.54) is 12.1 Å². The van der Waals surface area contributed by atoms with E-state index in [1.807, 2.05) is 13.1 Å². The van der Waals surface area contributed by atoms with Crippen molar-refractivity contribution in [3.05, 3.63) is 35.7 Å². The van der Waals surface area contributed by atoms with Crippen LogP contribution in [0.25, 0.3) is 11.1 Å². The summed E-state index contributed by atoms with van der Waals surface area (Å²) in [5.74, 6) is -1.38. The molecule has 0 unspecified atom stereocenters. The van der Waals surface area contributed by atoms with Gasteiger partial charge in [-0.1, -0.05) is 6.07 Å². The molecule has 0 radical (unpaired) electrons. The van der Waals surface area contributed by atoms with Gasteiger partial charge in [-0.25, -0.2) is 4.79 Å². The third kappa shape index (κ3) is 1.99. The fourth-order valence-electron chi connectivity index (χ4n) is 1.76. The Morgan fingerprint density at radius 3 is 2.65 bits per heavy atom. The Hall–Kier alpha value is -2.30. The lowest BCUT2D eigenvalue weighted by Crippen LogP contribution is -1.97. The highest BCUT2D eigenvalue weighted by Crippen LogP contribution is 2.27. The number of nitrogens with zero attached hydrogens (tertiary/aromatic N) is 2. The molecule has 1 aromatic carbocycles. The molecule has 1 aromatic heterocycles. The van der Waals surface area contributed by atoms with Crippen molar-refractivity contribution in [3.63, 3.8) is 0 Å². The van der Waals surface area contributed by atoms with Gasteiger partial charge < -0.3 is 10.2 Å². The first-order valence-electron chi connectivity index (χ1n) is 5.06. The monoisotopic (exact) mass is 232 g/mol. The molecular formula is C12H12N2O3. The van der Waals surface area contributed by atoms with Crippen LogP contribution in [-0.4, -0.2) is 26.0 Å². The summed E-state index contributed by atoms with van der Waals surface area (Å²) < 4.78 is 1.66. The Morgan fingerprint density at radius 1 is 1.41 bits per heavy atom. The van der Waals surface area contributed by atoms with E-state index in [2.05, 4.69) is 5.10 Å². The van der Waals surface area contributed by atoms with Crippen molar-refractivity contribution < 1.29 is 15.0 Å². The summed E-state index contributed by atoms with van der Waals surface area (Å²) in [5.41, 5.74) is 2.29. The average Bonchev–Trinajstić information content (AvgIpc) is 2.58. The molecule has 2 aromatic rings. The number of aromatic carboxylic acids is 1. The number of carboxylic acids is 1. The second-order valence-electron chi connectivity index (χ2n) is 3.84. The smallest absolute Gasteiger partial charge is 0.339 e. The van der Waals surface area contributed by atoms with E-state index >= 15 is 0 Å². The molecule has 88 valence electrons. The van der Waals surface area contributed by atoms with Crippen LogP contribution < -0.4 is 0 Å². The minimum absolute atomic E-state index is 0.106. The van der Waals surface area contributed by atoms with E-state index in [1.54, 1.807) is 17.8 Å². The number of aromatic hydroxyl groups is 1. The van der Waals surface area contributed by atoms with Gasteiger partial charge in [-0.05, 0) is 24.6 Å². The minimum Gasteiger partial charge on any atom is -0.507 e. The van der Waals surface area contributed by atoms with Crippen LogP contribution >= 0.6 is 0 Å². The summed E-state index contributed by atoms with van der Waals surface area (Å²) in [4.78, 5) is 10.9. The van der Waals surface area contributed by atoms with Crippen LogP contribution in [0, 0.1) is 6.92 Å². The van der Waals surface area contributed by atoms with E-state index in [9.17, 15) is 9.90 Å². The molecule has 0 fully saturated rings. The van der Waals surface area contributed by atoms with Gasteiger partial charge in [0.15, 0.2) is 0 Å². The molecule has 0 saturated heterocycles. The summed E-state index contributed by atoms with van der Waals surface area (Å²) >= 11 is 0. The Bertz CT molecular complexity index is 587. The lowest BCUT2D eigenvalue weighted by molar-refractivity contribution is 0.0694. The molecule has 0 aliphatic carbocycles. The SMILES string of the molecule is Cc1nn(C)cc1-c1ccc(O)c(C(=O)O)c1. The molecule has 0 saturated carbocycles. The van der Waals surface area contributed by atoms with Gasteiger partial charge in [-0.15, -0.1) is 0 Å². The van der Waals surface area contributed by atoms with Gasteiger partial charge in [0, 0.05) is 18.8 Å². The van der Waals surface area contributed by atoms with E-state index in [0.717, 1.165) is 16.8 Å². The van der Waals surface area contributed by atoms with Gasteiger partial charge in [0.05, 0.1) is 5.69 Å². The topological polar surface area (TPSA) is 75.3 Å². The third-order valence-electron chi connectivity index (χ3n) is 2.55. The number of benzene rings is 1. The van der Waals surface area contributed by atoms with Crippen molar-refractivity contribution in [3.8, 4) is 16.9 Å². The van der Waals surface area contributed by atoms with Crippen LogP contribution in [0.2, 0.25) is 0 Å². The molecular weight excluding hydrogens is 220 g/mol. The summed E-state index contributed by atoms with van der Waals surface area (Å²) in [5, 5.41) is 22.5. The second-order valence-corrected chi connectivity index (χ2v) is 3.84. The molecule has 0 aliphatic rings. The highest BCUT2D eigenvalue weighted by molar-refractivity contribution is 5.92. The van der Waals surface area contributed by atoms with E-state index in [0.29, 0.717) is 0 Å². The zero-order valence-electron chi connectivity index (χ0n) is 9.51. The second kappa shape index (κ2) is 3.93. The average molecular weight is 232 g/mol. The van der Waals surface area contributed by atoms with Crippen molar-refractivity contribution in [1.82, 2.24) is 9.78 Å². The maximum Gasteiger partial charge on any atom is 0.339 e. The van der Waals surface area contributed by atoms with Crippen LogP contribution in [0.4, 0.5) is 0 Å². The van der Waals surface area contributed by atoms with E-state index in [-0.39, 0.29) is 11.3 Å². The standard InChI is InChI=1S/C12H12N2O3/c1-7-10(6-14(2)13-7)8-3-4-11(15)9(5-8)12(16)17/h3-6,15H,1-2H3,(H,16,17). The van der Waals surface area contributed by atoms with Crippen molar-refractivity contribution >= 4 is 5.97 Å². The highest BCUT2D eigenvalue weighted by Gasteiger charge is 2.13. The fourth-order valence-corrected chi connectivity index (χ4v) is 1.76. The third-order valence-corrected chi connectivity index (χ3v) is 2.55. The van der Waals surface area contributed by atoms with Gasteiger partial charge in [0.1, 0.15) is 11.3 Å². The summed E-state index contributed by atoms with van der Waals surface area (Å²) in [6, 6.07) is 4.50. The van der Waals surface area contributed by atoms with Crippen molar-refractivity contribution in [1.29, 1.82) is 0 Å². The first-order chi connectivity index (χ1) is 7.99. The van der Waals surface area contributed by atoms with Crippen LogP contribution in [0.5, 0.6) is 5.75 Å². The van der Waals surface area contributed by atoms with Crippen LogP contribution in [0.15, 0.2) is 24.4 Å².